The fraction of sp³-hybridized carbons (Fsp3) is 0.600. The molecule has 2 N–H and O–H groups in total. The second-order valence-electron chi connectivity index (χ2n) is 7.49. The number of alkyl halides is 3. The average Bonchev–Trinajstić information content (AvgIpc) is 2.66. The summed E-state index contributed by atoms with van der Waals surface area (Å²) in [5, 5.41) is 2.52. The number of carbonyl (C=O) groups is 1. The lowest BCUT2D eigenvalue weighted by atomic mass is 10.1. The minimum absolute atomic E-state index is 0.0625. The lowest BCUT2D eigenvalue weighted by Crippen LogP contribution is -3.13. The molecule has 1 saturated heterocycles. The Hall–Kier alpha value is -2.09. The number of nitrogens with zero attached hydrogens (tertiary/aromatic N) is 1. The Balaban J connectivity index is 2.01. The molecule has 1 heterocycles. The van der Waals surface area contributed by atoms with Crippen LogP contribution in [0, 0.1) is 5.92 Å². The number of amidine groups is 1. The van der Waals surface area contributed by atoms with Gasteiger partial charge in [-0.15, -0.1) is 0 Å². The van der Waals surface area contributed by atoms with E-state index in [9.17, 15) is 18.0 Å². The molecule has 1 amide bonds. The first-order valence-electron chi connectivity index (χ1n) is 9.75. The van der Waals surface area contributed by atoms with Gasteiger partial charge in [0.2, 0.25) is 0 Å². The van der Waals surface area contributed by atoms with Crippen molar-refractivity contribution in [2.24, 2.45) is 10.9 Å². The standard InChI is InChI=1S/C20H28F3N3O2/c1-15(2)14-28-19(24-9-12-26-10-4-3-5-11-26)25-18(27)16-7-6-8-17(13-16)20(21,22)23/h6-8,13,15H,3-5,9-12,14H2,1-2H3,(H,24,25,27)/p+1. The van der Waals surface area contributed by atoms with Crippen molar-refractivity contribution in [3.05, 3.63) is 35.4 Å². The van der Waals surface area contributed by atoms with Gasteiger partial charge in [0.05, 0.1) is 38.3 Å². The van der Waals surface area contributed by atoms with Crippen LogP contribution < -0.4 is 10.2 Å². The predicted molar refractivity (Wildman–Crippen MR) is 101 cm³/mol. The molecule has 28 heavy (non-hydrogen) atoms. The molecule has 156 valence electrons. The normalized spacial score (nSPS) is 16.3. The van der Waals surface area contributed by atoms with Crippen LogP contribution in [-0.2, 0) is 10.9 Å². The number of hydrogen-bond acceptors (Lipinski definition) is 3. The van der Waals surface area contributed by atoms with Crippen molar-refractivity contribution in [1.29, 1.82) is 0 Å². The largest absolute Gasteiger partial charge is 0.465 e. The summed E-state index contributed by atoms with van der Waals surface area (Å²) < 4.78 is 44.2. The van der Waals surface area contributed by atoms with Crippen LogP contribution in [-0.4, -0.2) is 44.7 Å². The number of ether oxygens (including phenoxy) is 1. The van der Waals surface area contributed by atoms with Crippen molar-refractivity contribution in [2.75, 3.05) is 32.8 Å². The first-order valence-corrected chi connectivity index (χ1v) is 9.75. The first-order chi connectivity index (χ1) is 13.3. The lowest BCUT2D eigenvalue weighted by molar-refractivity contribution is -0.903. The van der Waals surface area contributed by atoms with Gasteiger partial charge < -0.3 is 9.64 Å². The van der Waals surface area contributed by atoms with Gasteiger partial charge >= 0.3 is 6.18 Å². The third kappa shape index (κ3) is 7.50. The summed E-state index contributed by atoms with van der Waals surface area (Å²) in [4.78, 5) is 18.2. The minimum Gasteiger partial charge on any atom is -0.465 e. The monoisotopic (exact) mass is 400 g/mol. The maximum Gasteiger partial charge on any atom is 0.416 e. The Bertz CT molecular complexity index is 669. The quantitative estimate of drug-likeness (QED) is 0.570. The fourth-order valence-corrected chi connectivity index (χ4v) is 2.99. The summed E-state index contributed by atoms with van der Waals surface area (Å²) in [5.74, 6) is -0.442. The van der Waals surface area contributed by atoms with Crippen LogP contribution >= 0.6 is 0 Å². The molecule has 5 nitrogen and oxygen atoms in total. The van der Waals surface area contributed by atoms with Crippen molar-refractivity contribution in [3.63, 3.8) is 0 Å². The predicted octanol–water partition coefficient (Wildman–Crippen LogP) is 2.53. The number of quaternary nitrogens is 1. The summed E-state index contributed by atoms with van der Waals surface area (Å²) in [6.45, 7) is 7.86. The number of piperidine rings is 1. The van der Waals surface area contributed by atoms with E-state index in [1.54, 1.807) is 0 Å². The SMILES string of the molecule is CC(C)COC(=NCC[NH+]1CCCCC1)NC(=O)c1cccc(C(F)(F)F)c1. The maximum atomic E-state index is 12.9. The molecule has 0 saturated carbocycles. The number of halogens is 3. The third-order valence-corrected chi connectivity index (χ3v) is 4.51. The van der Waals surface area contributed by atoms with Gasteiger partial charge in [0.25, 0.3) is 11.9 Å². The second kappa shape index (κ2) is 10.5. The van der Waals surface area contributed by atoms with Crippen molar-refractivity contribution < 1.29 is 27.6 Å². The number of rotatable bonds is 6. The highest BCUT2D eigenvalue weighted by molar-refractivity contribution is 6.04. The van der Waals surface area contributed by atoms with E-state index in [0.29, 0.717) is 13.2 Å². The van der Waals surface area contributed by atoms with Crippen LogP contribution in [0.2, 0.25) is 0 Å². The highest BCUT2D eigenvalue weighted by Gasteiger charge is 2.31. The zero-order valence-corrected chi connectivity index (χ0v) is 16.4. The van der Waals surface area contributed by atoms with Gasteiger partial charge in [-0.25, -0.2) is 4.99 Å². The molecule has 1 aromatic carbocycles. The van der Waals surface area contributed by atoms with E-state index in [2.05, 4.69) is 10.3 Å². The van der Waals surface area contributed by atoms with Crippen molar-refractivity contribution in [1.82, 2.24) is 5.32 Å². The van der Waals surface area contributed by atoms with E-state index >= 15 is 0 Å². The van der Waals surface area contributed by atoms with E-state index in [1.807, 2.05) is 13.8 Å². The van der Waals surface area contributed by atoms with Gasteiger partial charge in [0.1, 0.15) is 0 Å². The average molecular weight is 400 g/mol. The maximum absolute atomic E-state index is 12.9. The van der Waals surface area contributed by atoms with Crippen LogP contribution in [0.25, 0.3) is 0 Å². The number of hydrogen-bond donors (Lipinski definition) is 2. The molecular formula is C20H29F3N3O2+. The molecular weight excluding hydrogens is 371 g/mol. The van der Waals surface area contributed by atoms with Gasteiger partial charge in [-0.3, -0.25) is 10.1 Å². The number of likely N-dealkylation sites (tertiary alicyclic amines) is 1. The molecule has 1 aliphatic heterocycles. The number of benzene rings is 1. The smallest absolute Gasteiger partial charge is 0.416 e. The van der Waals surface area contributed by atoms with Gasteiger partial charge in [0, 0.05) is 5.56 Å². The minimum atomic E-state index is -4.50. The molecule has 0 radical (unpaired) electrons. The van der Waals surface area contributed by atoms with Gasteiger partial charge in [-0.1, -0.05) is 19.9 Å². The van der Waals surface area contributed by atoms with Crippen LogP contribution in [0.3, 0.4) is 0 Å². The van der Waals surface area contributed by atoms with Crippen LogP contribution in [0.4, 0.5) is 13.2 Å². The van der Waals surface area contributed by atoms with Crippen molar-refractivity contribution in [3.8, 4) is 0 Å². The zero-order valence-electron chi connectivity index (χ0n) is 16.4. The summed E-state index contributed by atoms with van der Waals surface area (Å²) in [5.41, 5.74) is -0.951. The van der Waals surface area contributed by atoms with Crippen LogP contribution in [0.5, 0.6) is 0 Å². The van der Waals surface area contributed by atoms with Gasteiger partial charge in [0.15, 0.2) is 0 Å². The molecule has 0 atom stereocenters. The van der Waals surface area contributed by atoms with Crippen LogP contribution in [0.15, 0.2) is 29.3 Å². The fourth-order valence-electron chi connectivity index (χ4n) is 2.99. The van der Waals surface area contributed by atoms with E-state index in [4.69, 9.17) is 4.74 Å². The summed E-state index contributed by atoms with van der Waals surface area (Å²) >= 11 is 0. The first kappa shape index (κ1) is 22.2. The summed E-state index contributed by atoms with van der Waals surface area (Å²) in [6, 6.07) is 4.37. The molecule has 0 aliphatic carbocycles. The Kier molecular flexibility index (Phi) is 8.29. The number of nitrogens with one attached hydrogen (secondary N) is 2. The summed E-state index contributed by atoms with van der Waals surface area (Å²) in [7, 11) is 0. The second-order valence-corrected chi connectivity index (χ2v) is 7.49. The zero-order chi connectivity index (χ0) is 20.6. The number of carbonyl (C=O) groups excluding carboxylic acids is 1. The van der Waals surface area contributed by atoms with E-state index < -0.39 is 17.6 Å². The number of aliphatic imine (C=N–C) groups is 1. The molecule has 1 aliphatic rings. The topological polar surface area (TPSA) is 55.1 Å². The molecule has 0 bridgehead atoms. The number of amides is 1. The van der Waals surface area contributed by atoms with E-state index in [-0.39, 0.29) is 17.5 Å². The molecule has 0 unspecified atom stereocenters. The Morgan fingerprint density at radius 1 is 1.25 bits per heavy atom. The van der Waals surface area contributed by atoms with Crippen LogP contribution in [0.1, 0.15) is 49.0 Å². The van der Waals surface area contributed by atoms with Crippen molar-refractivity contribution in [2.45, 2.75) is 39.3 Å². The van der Waals surface area contributed by atoms with Gasteiger partial charge in [-0.05, 0) is 43.4 Å². The highest BCUT2D eigenvalue weighted by atomic mass is 19.4. The molecule has 8 heteroatoms. The molecule has 1 aromatic rings. The Morgan fingerprint density at radius 3 is 2.61 bits per heavy atom. The Morgan fingerprint density at radius 2 is 1.96 bits per heavy atom. The van der Waals surface area contributed by atoms with Gasteiger partial charge in [-0.2, -0.15) is 13.2 Å². The van der Waals surface area contributed by atoms with E-state index in [1.165, 1.54) is 36.3 Å². The third-order valence-electron chi connectivity index (χ3n) is 4.51. The highest BCUT2D eigenvalue weighted by Crippen LogP contribution is 2.29. The lowest BCUT2D eigenvalue weighted by Gasteiger charge is -2.22. The summed E-state index contributed by atoms with van der Waals surface area (Å²) in [6.07, 6.45) is -0.814. The van der Waals surface area contributed by atoms with Crippen molar-refractivity contribution >= 4 is 11.9 Å². The molecule has 1 fully saturated rings. The van der Waals surface area contributed by atoms with E-state index in [0.717, 1.165) is 31.8 Å². The molecule has 2 rings (SSSR count). The molecule has 0 spiro atoms. The molecule has 0 aromatic heterocycles. The Labute approximate surface area is 164 Å².